The Balaban J connectivity index is 2.05. The van der Waals surface area contributed by atoms with Crippen LogP contribution in [0.25, 0.3) is 11.1 Å². The lowest BCUT2D eigenvalue weighted by Crippen LogP contribution is -2.34. The highest BCUT2D eigenvalue weighted by atomic mass is 79.9. The Labute approximate surface area is 158 Å². The van der Waals surface area contributed by atoms with Gasteiger partial charge >= 0.3 is 0 Å². The first-order valence-corrected chi connectivity index (χ1v) is 8.76. The van der Waals surface area contributed by atoms with E-state index in [0.29, 0.717) is 16.8 Å². The molecule has 0 spiro atoms. The van der Waals surface area contributed by atoms with Gasteiger partial charge in [-0.3, -0.25) is 14.5 Å². The molecule has 2 aromatic carbocycles. The van der Waals surface area contributed by atoms with Crippen LogP contribution in [0.3, 0.4) is 0 Å². The Morgan fingerprint density at radius 1 is 1.12 bits per heavy atom. The van der Waals surface area contributed by atoms with Crippen molar-refractivity contribution in [1.82, 2.24) is 4.90 Å². The second kappa shape index (κ2) is 7.31. The molecule has 1 heterocycles. The van der Waals surface area contributed by atoms with Crippen LogP contribution in [0.15, 0.2) is 52.6 Å². The molecular formula is C19H17BrN2O4. The van der Waals surface area contributed by atoms with Gasteiger partial charge in [0.25, 0.3) is 11.8 Å². The molecule has 2 amide bonds. The third-order valence-electron chi connectivity index (χ3n) is 4.12. The standard InChI is InChI=1S/C19H17BrN2O4/c1-11-6-7-13(12-4-2-3-5-15(12)24)18(17(11)20)21-14-10-16(25)22(8-9-23)19(14)26/h2-7,10,21,23-24H,8-9H2,1H3. The third kappa shape index (κ3) is 3.23. The molecule has 3 rings (SSSR count). The van der Waals surface area contributed by atoms with E-state index in [9.17, 15) is 14.7 Å². The number of β-amino-alcohol motifs (C(OH)–C–C–N with tert-alkyl or cyclic N) is 1. The van der Waals surface area contributed by atoms with Crippen molar-refractivity contribution in [1.29, 1.82) is 0 Å². The number of aliphatic hydroxyl groups excluding tert-OH is 1. The SMILES string of the molecule is Cc1ccc(-c2ccccc2O)c(NC2=CC(=O)N(CCO)C2=O)c1Br. The monoisotopic (exact) mass is 416 g/mol. The van der Waals surface area contributed by atoms with Crippen molar-refractivity contribution >= 4 is 33.4 Å². The minimum absolute atomic E-state index is 0.0549. The summed E-state index contributed by atoms with van der Waals surface area (Å²) >= 11 is 3.52. The summed E-state index contributed by atoms with van der Waals surface area (Å²) in [4.78, 5) is 25.4. The lowest BCUT2D eigenvalue weighted by Gasteiger charge is -2.18. The van der Waals surface area contributed by atoms with Crippen LogP contribution in [0.4, 0.5) is 5.69 Å². The lowest BCUT2D eigenvalue weighted by molar-refractivity contribution is -0.137. The van der Waals surface area contributed by atoms with E-state index in [2.05, 4.69) is 21.2 Å². The molecule has 0 saturated carbocycles. The van der Waals surface area contributed by atoms with E-state index >= 15 is 0 Å². The average Bonchev–Trinajstić information content (AvgIpc) is 2.88. The molecule has 0 radical (unpaired) electrons. The van der Waals surface area contributed by atoms with Gasteiger partial charge in [0.2, 0.25) is 0 Å². The normalized spacial score (nSPS) is 14.0. The predicted octanol–water partition coefficient (Wildman–Crippen LogP) is 2.79. The molecule has 0 saturated heterocycles. The van der Waals surface area contributed by atoms with Crippen molar-refractivity contribution in [3.05, 3.63) is 58.2 Å². The summed E-state index contributed by atoms with van der Waals surface area (Å²) in [6, 6.07) is 10.6. The van der Waals surface area contributed by atoms with Crippen molar-refractivity contribution in [3.63, 3.8) is 0 Å². The van der Waals surface area contributed by atoms with E-state index in [4.69, 9.17) is 5.11 Å². The van der Waals surface area contributed by atoms with Crippen LogP contribution < -0.4 is 5.32 Å². The van der Waals surface area contributed by atoms with Gasteiger partial charge in [-0.1, -0.05) is 30.3 Å². The highest BCUT2D eigenvalue weighted by Crippen LogP contribution is 2.40. The number of hydrogen-bond acceptors (Lipinski definition) is 5. The zero-order valence-corrected chi connectivity index (χ0v) is 15.6. The predicted molar refractivity (Wildman–Crippen MR) is 101 cm³/mol. The summed E-state index contributed by atoms with van der Waals surface area (Å²) in [7, 11) is 0. The van der Waals surface area contributed by atoms with Gasteiger partial charge in [0.15, 0.2) is 0 Å². The molecule has 2 aromatic rings. The van der Waals surface area contributed by atoms with Crippen molar-refractivity contribution in [3.8, 4) is 16.9 Å². The Hall–Kier alpha value is -2.64. The minimum atomic E-state index is -0.499. The second-order valence-corrected chi connectivity index (χ2v) is 6.63. The zero-order valence-electron chi connectivity index (χ0n) is 14.0. The van der Waals surface area contributed by atoms with Crippen molar-refractivity contribution in [2.24, 2.45) is 0 Å². The molecule has 1 aliphatic rings. The number of nitrogens with one attached hydrogen (secondary N) is 1. The number of para-hydroxylation sites is 1. The Kier molecular flexibility index (Phi) is 5.11. The van der Waals surface area contributed by atoms with Gasteiger partial charge in [-0.25, -0.2) is 0 Å². The van der Waals surface area contributed by atoms with Crippen LogP contribution in [0.5, 0.6) is 5.75 Å². The maximum atomic E-state index is 12.4. The molecule has 0 atom stereocenters. The van der Waals surface area contributed by atoms with Gasteiger partial charge in [0.1, 0.15) is 11.4 Å². The lowest BCUT2D eigenvalue weighted by atomic mass is 10.0. The average molecular weight is 417 g/mol. The molecule has 3 N–H and O–H groups in total. The van der Waals surface area contributed by atoms with Crippen LogP contribution in [0.1, 0.15) is 5.56 Å². The van der Waals surface area contributed by atoms with Crippen LogP contribution in [-0.2, 0) is 9.59 Å². The van der Waals surface area contributed by atoms with Crippen molar-refractivity contribution in [2.45, 2.75) is 6.92 Å². The fourth-order valence-electron chi connectivity index (χ4n) is 2.77. The summed E-state index contributed by atoms with van der Waals surface area (Å²) in [5.41, 5.74) is 2.90. The molecule has 1 aliphatic heterocycles. The van der Waals surface area contributed by atoms with Gasteiger partial charge in [0, 0.05) is 21.7 Å². The summed E-state index contributed by atoms with van der Waals surface area (Å²) in [6.07, 6.45) is 1.21. The smallest absolute Gasteiger partial charge is 0.277 e. The summed E-state index contributed by atoms with van der Waals surface area (Å²) in [5, 5.41) is 22.2. The molecule has 26 heavy (non-hydrogen) atoms. The Morgan fingerprint density at radius 2 is 1.85 bits per heavy atom. The summed E-state index contributed by atoms with van der Waals surface area (Å²) in [6.45, 7) is 1.55. The molecule has 0 fully saturated rings. The number of halogens is 1. The summed E-state index contributed by atoms with van der Waals surface area (Å²) < 4.78 is 0.722. The van der Waals surface area contributed by atoms with Crippen LogP contribution >= 0.6 is 15.9 Å². The zero-order chi connectivity index (χ0) is 18.8. The number of aromatic hydroxyl groups is 1. The molecule has 0 unspecified atom stereocenters. The quantitative estimate of drug-likeness (QED) is 0.652. The van der Waals surface area contributed by atoms with Crippen LogP contribution in [0.2, 0.25) is 0 Å². The van der Waals surface area contributed by atoms with E-state index in [-0.39, 0.29) is 24.6 Å². The number of benzene rings is 2. The maximum absolute atomic E-state index is 12.4. The van der Waals surface area contributed by atoms with E-state index in [1.165, 1.54) is 6.08 Å². The van der Waals surface area contributed by atoms with Gasteiger partial charge in [-0.2, -0.15) is 0 Å². The highest BCUT2D eigenvalue weighted by Gasteiger charge is 2.31. The molecule has 7 heteroatoms. The largest absolute Gasteiger partial charge is 0.507 e. The first-order chi connectivity index (χ1) is 12.4. The number of nitrogens with zero attached hydrogens (tertiary/aromatic N) is 1. The molecule has 0 bridgehead atoms. The number of aliphatic hydroxyl groups is 1. The first-order valence-electron chi connectivity index (χ1n) is 7.97. The molecule has 0 aliphatic carbocycles. The second-order valence-electron chi connectivity index (χ2n) is 5.84. The van der Waals surface area contributed by atoms with Crippen molar-refractivity contribution < 1.29 is 19.8 Å². The topological polar surface area (TPSA) is 89.9 Å². The molecular weight excluding hydrogens is 400 g/mol. The van der Waals surface area contributed by atoms with Crippen LogP contribution in [-0.4, -0.2) is 40.1 Å². The number of anilines is 1. The number of aryl methyl sites for hydroxylation is 1. The van der Waals surface area contributed by atoms with Gasteiger partial charge < -0.3 is 15.5 Å². The number of amides is 2. The van der Waals surface area contributed by atoms with E-state index in [0.717, 1.165) is 14.9 Å². The Morgan fingerprint density at radius 3 is 2.54 bits per heavy atom. The number of hydrogen-bond donors (Lipinski definition) is 3. The van der Waals surface area contributed by atoms with Crippen molar-refractivity contribution in [2.75, 3.05) is 18.5 Å². The third-order valence-corrected chi connectivity index (χ3v) is 5.14. The maximum Gasteiger partial charge on any atom is 0.277 e. The molecule has 134 valence electrons. The highest BCUT2D eigenvalue weighted by molar-refractivity contribution is 9.10. The fraction of sp³-hybridized carbons (Fsp3) is 0.158. The van der Waals surface area contributed by atoms with E-state index < -0.39 is 11.8 Å². The molecule has 0 aromatic heterocycles. The van der Waals surface area contributed by atoms with Gasteiger partial charge in [-0.05, 0) is 34.5 Å². The first kappa shape index (κ1) is 18.2. The van der Waals surface area contributed by atoms with Crippen LogP contribution in [0, 0.1) is 6.92 Å². The molecule has 6 nitrogen and oxygen atoms in total. The number of carbonyl (C=O) groups excluding carboxylic acids is 2. The fourth-order valence-corrected chi connectivity index (χ4v) is 3.22. The number of imide groups is 1. The van der Waals surface area contributed by atoms with E-state index in [1.807, 2.05) is 19.1 Å². The van der Waals surface area contributed by atoms with E-state index in [1.54, 1.807) is 24.3 Å². The van der Waals surface area contributed by atoms with Gasteiger partial charge in [0.05, 0.1) is 18.8 Å². The number of rotatable bonds is 5. The van der Waals surface area contributed by atoms with Gasteiger partial charge in [-0.15, -0.1) is 0 Å². The summed E-state index contributed by atoms with van der Waals surface area (Å²) in [5.74, 6) is -0.865. The number of carbonyl (C=O) groups is 2. The Bertz CT molecular complexity index is 924. The number of phenolic OH excluding ortho intramolecular Hbond substituents is 1. The minimum Gasteiger partial charge on any atom is -0.507 e. The number of phenols is 1.